The van der Waals surface area contributed by atoms with E-state index in [-0.39, 0.29) is 17.8 Å². The van der Waals surface area contributed by atoms with Crippen LogP contribution in [-0.2, 0) is 17.8 Å². The number of ether oxygens (including phenoxy) is 2. The summed E-state index contributed by atoms with van der Waals surface area (Å²) in [4.78, 5) is 31.2. The number of benzene rings is 4. The largest absolute Gasteiger partial charge is 0.487 e. The van der Waals surface area contributed by atoms with Gasteiger partial charge in [0.25, 0.3) is 5.91 Å². The molecule has 0 bridgehead atoms. The molecule has 0 spiro atoms. The average molecular weight is 647 g/mol. The van der Waals surface area contributed by atoms with E-state index in [0.29, 0.717) is 60.9 Å². The average Bonchev–Trinajstić information content (AvgIpc) is 3.53. The molecule has 0 N–H and O–H groups in total. The Morgan fingerprint density at radius 2 is 1.48 bits per heavy atom. The summed E-state index contributed by atoms with van der Waals surface area (Å²) in [6.45, 7) is 6.80. The van der Waals surface area contributed by atoms with Gasteiger partial charge in [0.15, 0.2) is 0 Å². The van der Waals surface area contributed by atoms with Gasteiger partial charge in [0, 0.05) is 25.2 Å². The normalized spacial score (nSPS) is 14.9. The molecule has 9 heteroatoms. The van der Waals surface area contributed by atoms with Crippen molar-refractivity contribution in [2.24, 2.45) is 0 Å². The molecule has 246 valence electrons. The van der Waals surface area contributed by atoms with Crippen LogP contribution in [0.25, 0.3) is 16.9 Å². The molecule has 0 aliphatic carbocycles. The standard InChI is InChI=1S/C39H39FN4O4/c1-39(2,3)48-38(46)42-22-23-43(32(26-42)24-28-12-6-4-7-13-28)37(45)33-25-41-44(36(33)30-18-20-31(40)21-19-30)34-16-10-11-17-35(34)47-27-29-14-8-5-9-15-29/h4-21,25,32H,22-24,26-27H2,1-3H3. The summed E-state index contributed by atoms with van der Waals surface area (Å²) in [5.74, 6) is -0.0294. The van der Waals surface area contributed by atoms with E-state index in [2.05, 4.69) is 0 Å². The van der Waals surface area contributed by atoms with Gasteiger partial charge in [-0.25, -0.2) is 13.9 Å². The minimum absolute atomic E-state index is 0.229. The number of hydrogen-bond acceptors (Lipinski definition) is 5. The second-order valence-electron chi connectivity index (χ2n) is 12.8. The summed E-state index contributed by atoms with van der Waals surface area (Å²) in [6, 6.07) is 33.0. The molecule has 1 aliphatic rings. The van der Waals surface area contributed by atoms with Crippen molar-refractivity contribution in [3.63, 3.8) is 0 Å². The Bertz CT molecular complexity index is 1850. The highest BCUT2D eigenvalue weighted by Gasteiger charge is 2.36. The number of hydrogen-bond donors (Lipinski definition) is 0. The summed E-state index contributed by atoms with van der Waals surface area (Å²) in [5, 5.41) is 4.72. The van der Waals surface area contributed by atoms with Crippen molar-refractivity contribution in [1.82, 2.24) is 19.6 Å². The second kappa shape index (κ2) is 14.1. The molecular formula is C39H39FN4O4. The molecule has 4 aromatic carbocycles. The molecule has 1 aliphatic heterocycles. The molecule has 1 unspecified atom stereocenters. The van der Waals surface area contributed by atoms with Gasteiger partial charge >= 0.3 is 6.09 Å². The Kier molecular flexibility index (Phi) is 9.57. The second-order valence-corrected chi connectivity index (χ2v) is 12.8. The third-order valence-corrected chi connectivity index (χ3v) is 8.16. The summed E-state index contributed by atoms with van der Waals surface area (Å²) in [7, 11) is 0. The van der Waals surface area contributed by atoms with E-state index in [1.807, 2.05) is 111 Å². The van der Waals surface area contributed by atoms with Crippen LogP contribution < -0.4 is 4.74 Å². The number of carbonyl (C=O) groups excluding carboxylic acids is 2. The SMILES string of the molecule is CC(C)(C)OC(=O)N1CCN(C(=O)c2cnn(-c3ccccc3OCc3ccccc3)c2-c2ccc(F)cc2)C(Cc2ccccc2)C1. The molecule has 5 aromatic rings. The van der Waals surface area contributed by atoms with Gasteiger partial charge in [-0.2, -0.15) is 5.10 Å². The zero-order valence-corrected chi connectivity index (χ0v) is 27.4. The fourth-order valence-electron chi connectivity index (χ4n) is 5.89. The van der Waals surface area contributed by atoms with Crippen molar-refractivity contribution in [1.29, 1.82) is 0 Å². The minimum atomic E-state index is -0.640. The maximum Gasteiger partial charge on any atom is 0.410 e. The van der Waals surface area contributed by atoms with Crippen molar-refractivity contribution in [2.45, 2.75) is 45.4 Å². The van der Waals surface area contributed by atoms with Crippen molar-refractivity contribution in [2.75, 3.05) is 19.6 Å². The van der Waals surface area contributed by atoms with Crippen LogP contribution in [0.4, 0.5) is 9.18 Å². The van der Waals surface area contributed by atoms with E-state index in [4.69, 9.17) is 14.6 Å². The van der Waals surface area contributed by atoms with Crippen LogP contribution in [0.5, 0.6) is 5.75 Å². The van der Waals surface area contributed by atoms with Gasteiger partial charge in [-0.1, -0.05) is 72.8 Å². The quantitative estimate of drug-likeness (QED) is 0.174. The number of nitrogens with zero attached hydrogens (tertiary/aromatic N) is 4. The molecule has 2 amide bonds. The topological polar surface area (TPSA) is 76.9 Å². The van der Waals surface area contributed by atoms with Crippen LogP contribution in [0.3, 0.4) is 0 Å². The summed E-state index contributed by atoms with van der Waals surface area (Å²) < 4.78 is 27.8. The summed E-state index contributed by atoms with van der Waals surface area (Å²) in [5.41, 5.74) is 3.57. The number of carbonyl (C=O) groups is 2. The molecule has 0 saturated carbocycles. The minimum Gasteiger partial charge on any atom is -0.487 e. The van der Waals surface area contributed by atoms with Crippen LogP contribution in [0.15, 0.2) is 115 Å². The van der Waals surface area contributed by atoms with E-state index >= 15 is 0 Å². The van der Waals surface area contributed by atoms with Crippen LogP contribution in [0, 0.1) is 5.82 Å². The first kappa shape index (κ1) is 32.5. The van der Waals surface area contributed by atoms with E-state index in [0.717, 1.165) is 11.1 Å². The predicted octanol–water partition coefficient (Wildman–Crippen LogP) is 7.56. The van der Waals surface area contributed by atoms with Crippen LogP contribution in [0.2, 0.25) is 0 Å². The van der Waals surface area contributed by atoms with E-state index in [1.54, 1.807) is 27.9 Å². The molecular weight excluding hydrogens is 607 g/mol. The van der Waals surface area contributed by atoms with Gasteiger partial charge in [-0.3, -0.25) is 4.79 Å². The van der Waals surface area contributed by atoms with Crippen molar-refractivity contribution in [3.05, 3.63) is 138 Å². The number of rotatable bonds is 8. The van der Waals surface area contributed by atoms with Crippen LogP contribution in [0.1, 0.15) is 42.3 Å². The number of piperazine rings is 1. The molecule has 1 atom stereocenters. The Balaban J connectivity index is 1.37. The Morgan fingerprint density at radius 3 is 2.17 bits per heavy atom. The van der Waals surface area contributed by atoms with Gasteiger partial charge in [0.2, 0.25) is 0 Å². The number of aromatic nitrogens is 2. The molecule has 0 radical (unpaired) electrons. The number of halogens is 1. The maximum atomic E-state index is 14.6. The third-order valence-electron chi connectivity index (χ3n) is 8.16. The zero-order chi connectivity index (χ0) is 33.7. The van der Waals surface area contributed by atoms with Gasteiger partial charge in [0.05, 0.1) is 23.5 Å². The maximum absolute atomic E-state index is 14.6. The first-order valence-corrected chi connectivity index (χ1v) is 16.1. The van der Waals surface area contributed by atoms with E-state index < -0.39 is 11.7 Å². The lowest BCUT2D eigenvalue weighted by Gasteiger charge is -2.41. The van der Waals surface area contributed by atoms with Gasteiger partial charge in [-0.15, -0.1) is 0 Å². The van der Waals surface area contributed by atoms with Gasteiger partial charge in [-0.05, 0) is 74.7 Å². The van der Waals surface area contributed by atoms with E-state index in [1.165, 1.54) is 12.1 Å². The highest BCUT2D eigenvalue weighted by Crippen LogP contribution is 2.33. The lowest BCUT2D eigenvalue weighted by Crippen LogP contribution is -2.57. The fraction of sp³-hybridized carbons (Fsp3) is 0.256. The molecule has 1 saturated heterocycles. The van der Waals surface area contributed by atoms with Gasteiger partial charge in [0.1, 0.15) is 29.5 Å². The zero-order valence-electron chi connectivity index (χ0n) is 27.4. The highest BCUT2D eigenvalue weighted by molar-refractivity contribution is 6.00. The van der Waals surface area contributed by atoms with Gasteiger partial charge < -0.3 is 19.3 Å². The van der Waals surface area contributed by atoms with Crippen molar-refractivity contribution < 1.29 is 23.5 Å². The van der Waals surface area contributed by atoms with Crippen molar-refractivity contribution in [3.8, 4) is 22.7 Å². The number of amides is 2. The predicted molar refractivity (Wildman–Crippen MR) is 183 cm³/mol. The lowest BCUT2D eigenvalue weighted by atomic mass is 10.00. The van der Waals surface area contributed by atoms with Crippen molar-refractivity contribution >= 4 is 12.0 Å². The first-order valence-electron chi connectivity index (χ1n) is 16.1. The lowest BCUT2D eigenvalue weighted by molar-refractivity contribution is 0.00439. The number of para-hydroxylation sites is 2. The molecule has 48 heavy (non-hydrogen) atoms. The molecule has 1 fully saturated rings. The third kappa shape index (κ3) is 7.57. The smallest absolute Gasteiger partial charge is 0.410 e. The Morgan fingerprint density at radius 1 is 0.833 bits per heavy atom. The molecule has 6 rings (SSSR count). The monoisotopic (exact) mass is 646 g/mol. The Hall–Kier alpha value is -5.44. The first-order chi connectivity index (χ1) is 23.2. The Labute approximate surface area is 280 Å². The van der Waals surface area contributed by atoms with Crippen LogP contribution in [-0.4, -0.2) is 62.9 Å². The fourth-order valence-corrected chi connectivity index (χ4v) is 5.89. The summed E-state index contributed by atoms with van der Waals surface area (Å²) in [6.07, 6.45) is 1.70. The van der Waals surface area contributed by atoms with Crippen LogP contribution >= 0.6 is 0 Å². The highest BCUT2D eigenvalue weighted by atomic mass is 19.1. The molecule has 2 heterocycles. The van der Waals surface area contributed by atoms with E-state index in [9.17, 15) is 14.0 Å². The molecule has 1 aromatic heterocycles. The summed E-state index contributed by atoms with van der Waals surface area (Å²) >= 11 is 0. The molecule has 8 nitrogen and oxygen atoms in total.